The van der Waals surface area contributed by atoms with Crippen LogP contribution in [-0.2, 0) is 0 Å². The fourth-order valence-corrected chi connectivity index (χ4v) is 4.91. The summed E-state index contributed by atoms with van der Waals surface area (Å²) in [6.07, 6.45) is 11.5. The van der Waals surface area contributed by atoms with E-state index in [1.165, 1.54) is 51.4 Å². The molecule has 106 valence electrons. The van der Waals surface area contributed by atoms with Crippen LogP contribution in [0.1, 0.15) is 79.1 Å². The monoisotopic (exact) mass is 251 g/mol. The number of likely N-dealkylation sites (N-methyl/N-ethyl adjacent to an activating group) is 1. The highest BCUT2D eigenvalue weighted by atomic mass is 15.4. The van der Waals surface area contributed by atoms with Gasteiger partial charge >= 0.3 is 0 Å². The molecule has 0 aromatic rings. The zero-order valence-electron chi connectivity index (χ0n) is 13.3. The highest BCUT2D eigenvalue weighted by molar-refractivity contribution is 5.26. The van der Waals surface area contributed by atoms with Gasteiger partial charge in [0.25, 0.3) is 0 Å². The molecule has 0 N–H and O–H groups in total. The van der Waals surface area contributed by atoms with Crippen LogP contribution in [0.4, 0.5) is 0 Å². The molecule has 0 bridgehead atoms. The Balaban J connectivity index is 2.19. The Hall–Kier alpha value is -0.0400. The molecule has 0 aromatic carbocycles. The zero-order chi connectivity index (χ0) is 13.4. The zero-order valence-corrected chi connectivity index (χ0v) is 13.3. The van der Waals surface area contributed by atoms with Crippen molar-refractivity contribution in [1.29, 1.82) is 0 Å². The first-order valence-corrected chi connectivity index (χ1v) is 8.23. The van der Waals surface area contributed by atoms with Crippen molar-refractivity contribution in [3.8, 4) is 0 Å². The second-order valence-electron chi connectivity index (χ2n) is 7.21. The molecule has 1 aliphatic carbocycles. The first-order valence-electron chi connectivity index (χ1n) is 8.23. The lowest BCUT2D eigenvalue weighted by atomic mass is 9.74. The van der Waals surface area contributed by atoms with Gasteiger partial charge in [0.05, 0.1) is 0 Å². The number of hydrogen-bond donors (Lipinski definition) is 0. The normalized spacial score (nSPS) is 50.2. The van der Waals surface area contributed by atoms with E-state index in [-0.39, 0.29) is 0 Å². The minimum Gasteiger partial charge on any atom is -0.291 e. The van der Waals surface area contributed by atoms with Gasteiger partial charge in [0.15, 0.2) is 0 Å². The van der Waals surface area contributed by atoms with Crippen molar-refractivity contribution in [2.24, 2.45) is 11.8 Å². The summed E-state index contributed by atoms with van der Waals surface area (Å²) >= 11 is 0. The van der Waals surface area contributed by atoms with Crippen LogP contribution < -0.4 is 0 Å². The summed E-state index contributed by atoms with van der Waals surface area (Å²) in [6.45, 7) is 9.95. The van der Waals surface area contributed by atoms with Crippen molar-refractivity contribution in [3.05, 3.63) is 0 Å². The Bertz CT molecular complexity index is 287. The van der Waals surface area contributed by atoms with Gasteiger partial charge in [-0.05, 0) is 45.6 Å². The van der Waals surface area contributed by atoms with Gasteiger partial charge in [-0.2, -0.15) is 0 Å². The Morgan fingerprint density at radius 3 is 2.11 bits per heavy atom. The standard InChI is InChI=1S/C17H33N/c1-6-15-13-11-9-7-8-10-12-14(2)16(3)17(15,4)18(16)5/h14-15H,6-13H2,1-5H3. The third-order valence-electron chi connectivity index (χ3n) is 6.81. The topological polar surface area (TPSA) is 3.01 Å². The quantitative estimate of drug-likeness (QED) is 0.602. The van der Waals surface area contributed by atoms with Crippen molar-refractivity contribution in [1.82, 2.24) is 4.90 Å². The molecule has 1 aliphatic heterocycles. The number of hydrogen-bond acceptors (Lipinski definition) is 1. The fourth-order valence-electron chi connectivity index (χ4n) is 4.91. The number of fused-ring (bicyclic) bond motifs is 1. The van der Waals surface area contributed by atoms with Crippen molar-refractivity contribution < 1.29 is 0 Å². The Morgan fingerprint density at radius 2 is 1.50 bits per heavy atom. The molecule has 1 heterocycles. The van der Waals surface area contributed by atoms with Gasteiger partial charge in [-0.1, -0.05) is 52.4 Å². The van der Waals surface area contributed by atoms with Crippen molar-refractivity contribution in [3.63, 3.8) is 0 Å². The summed E-state index contributed by atoms with van der Waals surface area (Å²) in [6, 6.07) is 0. The molecule has 5 unspecified atom stereocenters. The summed E-state index contributed by atoms with van der Waals surface area (Å²) in [4.78, 5) is 2.69. The van der Waals surface area contributed by atoms with Gasteiger partial charge in [0.1, 0.15) is 0 Å². The first kappa shape index (κ1) is 14.4. The maximum Gasteiger partial charge on any atom is 0.0396 e. The van der Waals surface area contributed by atoms with E-state index < -0.39 is 0 Å². The maximum atomic E-state index is 2.69. The summed E-state index contributed by atoms with van der Waals surface area (Å²) in [5, 5.41) is 0. The highest BCUT2D eigenvalue weighted by Crippen LogP contribution is 2.61. The lowest BCUT2D eigenvalue weighted by Gasteiger charge is -2.28. The van der Waals surface area contributed by atoms with Gasteiger partial charge in [0.2, 0.25) is 0 Å². The van der Waals surface area contributed by atoms with Gasteiger partial charge in [0, 0.05) is 11.1 Å². The molecule has 0 spiro atoms. The first-order chi connectivity index (χ1) is 8.49. The fraction of sp³-hybridized carbons (Fsp3) is 1.00. The van der Waals surface area contributed by atoms with E-state index >= 15 is 0 Å². The third-order valence-corrected chi connectivity index (χ3v) is 6.81. The second kappa shape index (κ2) is 5.15. The molecule has 2 rings (SSSR count). The lowest BCUT2D eigenvalue weighted by molar-refractivity contribution is 0.290. The number of rotatable bonds is 1. The van der Waals surface area contributed by atoms with Gasteiger partial charge in [-0.25, -0.2) is 0 Å². The molecular weight excluding hydrogens is 218 g/mol. The van der Waals surface area contributed by atoms with Crippen molar-refractivity contribution in [2.75, 3.05) is 7.05 Å². The maximum absolute atomic E-state index is 2.69. The molecule has 1 nitrogen and oxygen atoms in total. The lowest BCUT2D eigenvalue weighted by Crippen LogP contribution is -2.33. The van der Waals surface area contributed by atoms with Crippen LogP contribution in [0.25, 0.3) is 0 Å². The predicted molar refractivity (Wildman–Crippen MR) is 79.8 cm³/mol. The van der Waals surface area contributed by atoms with Crippen LogP contribution in [0.5, 0.6) is 0 Å². The molecule has 2 aliphatic rings. The molecule has 1 saturated carbocycles. The summed E-state index contributed by atoms with van der Waals surface area (Å²) < 4.78 is 0. The molecule has 2 fully saturated rings. The molecule has 0 radical (unpaired) electrons. The molecule has 1 heteroatoms. The Kier molecular flexibility index (Phi) is 4.11. The van der Waals surface area contributed by atoms with Crippen molar-refractivity contribution >= 4 is 0 Å². The van der Waals surface area contributed by atoms with E-state index in [0.29, 0.717) is 11.1 Å². The molecular formula is C17H33N. The van der Waals surface area contributed by atoms with E-state index in [9.17, 15) is 0 Å². The average Bonchev–Trinajstić information content (AvgIpc) is 2.81. The molecule has 0 amide bonds. The molecule has 0 aromatic heterocycles. The van der Waals surface area contributed by atoms with E-state index in [2.05, 4.69) is 39.6 Å². The van der Waals surface area contributed by atoms with Crippen LogP contribution >= 0.6 is 0 Å². The van der Waals surface area contributed by atoms with Crippen LogP contribution in [-0.4, -0.2) is 23.0 Å². The summed E-state index contributed by atoms with van der Waals surface area (Å²) in [5.74, 6) is 1.74. The summed E-state index contributed by atoms with van der Waals surface area (Å²) in [5.41, 5.74) is 0.920. The summed E-state index contributed by atoms with van der Waals surface area (Å²) in [7, 11) is 2.37. The minimum absolute atomic E-state index is 0.456. The predicted octanol–water partition coefficient (Wildman–Crippen LogP) is 4.86. The van der Waals surface area contributed by atoms with Gasteiger partial charge < -0.3 is 0 Å². The Labute approximate surface area is 114 Å². The van der Waals surface area contributed by atoms with Crippen LogP contribution in [0, 0.1) is 11.8 Å². The van der Waals surface area contributed by atoms with Crippen LogP contribution in [0.15, 0.2) is 0 Å². The SMILES string of the molecule is CCC1CCCCCCCC(C)C2(C)N(C)C12C. The number of nitrogens with zero attached hydrogens (tertiary/aromatic N) is 1. The highest BCUT2D eigenvalue weighted by Gasteiger charge is 2.70. The molecule has 18 heavy (non-hydrogen) atoms. The smallest absolute Gasteiger partial charge is 0.0396 e. The van der Waals surface area contributed by atoms with E-state index in [4.69, 9.17) is 0 Å². The van der Waals surface area contributed by atoms with E-state index in [1.54, 1.807) is 0 Å². The second-order valence-corrected chi connectivity index (χ2v) is 7.21. The van der Waals surface area contributed by atoms with Crippen LogP contribution in [0.3, 0.4) is 0 Å². The van der Waals surface area contributed by atoms with Gasteiger partial charge in [-0.15, -0.1) is 0 Å². The molecule has 1 saturated heterocycles. The van der Waals surface area contributed by atoms with Gasteiger partial charge in [-0.3, -0.25) is 4.90 Å². The molecule has 5 atom stereocenters. The Morgan fingerprint density at radius 1 is 0.944 bits per heavy atom. The van der Waals surface area contributed by atoms with E-state index in [1.807, 2.05) is 0 Å². The van der Waals surface area contributed by atoms with E-state index in [0.717, 1.165) is 11.8 Å². The largest absolute Gasteiger partial charge is 0.291 e. The third kappa shape index (κ3) is 1.94. The average molecular weight is 251 g/mol. The van der Waals surface area contributed by atoms with Crippen LogP contribution in [0.2, 0.25) is 0 Å². The minimum atomic E-state index is 0.456. The van der Waals surface area contributed by atoms with Crippen molar-refractivity contribution in [2.45, 2.75) is 90.1 Å².